The van der Waals surface area contributed by atoms with Gasteiger partial charge in [-0.1, -0.05) is 6.07 Å². The quantitative estimate of drug-likeness (QED) is 0.293. The Morgan fingerprint density at radius 2 is 1.77 bits per heavy atom. The molecule has 224 valence electrons. The van der Waals surface area contributed by atoms with Gasteiger partial charge in [0.15, 0.2) is 5.82 Å². The Balaban J connectivity index is 1.30. The molecule has 0 radical (unpaired) electrons. The van der Waals surface area contributed by atoms with Crippen LogP contribution in [0, 0.1) is 11.6 Å². The molecule has 3 aromatic carbocycles. The summed E-state index contributed by atoms with van der Waals surface area (Å²) >= 11 is 0. The van der Waals surface area contributed by atoms with E-state index in [2.05, 4.69) is 32.4 Å². The smallest absolute Gasteiger partial charge is 0.259 e. The molecule has 2 N–H and O–H groups in total. The lowest BCUT2D eigenvalue weighted by Gasteiger charge is -2.36. The summed E-state index contributed by atoms with van der Waals surface area (Å²) in [6.45, 7) is 4.67. The van der Waals surface area contributed by atoms with Crippen molar-refractivity contribution in [3.05, 3.63) is 82.9 Å². The molecule has 0 saturated carbocycles. The van der Waals surface area contributed by atoms with Crippen molar-refractivity contribution < 1.29 is 23.1 Å². The zero-order valence-electron chi connectivity index (χ0n) is 24.0. The predicted molar refractivity (Wildman–Crippen MR) is 162 cm³/mol. The summed E-state index contributed by atoms with van der Waals surface area (Å²) < 4.78 is 33.0. The molecule has 2 fully saturated rings. The van der Waals surface area contributed by atoms with Gasteiger partial charge in [0.05, 0.1) is 16.8 Å². The number of nitrogens with zero attached hydrogens (tertiary/aromatic N) is 4. The number of hydrogen-bond donors (Lipinski definition) is 2. The number of aromatic amines is 1. The van der Waals surface area contributed by atoms with E-state index in [0.29, 0.717) is 66.0 Å². The van der Waals surface area contributed by atoms with E-state index in [9.17, 15) is 18.4 Å². The molecule has 6 rings (SSSR count). The highest BCUT2D eigenvalue weighted by Gasteiger charge is 2.27. The third kappa shape index (κ3) is 6.37. The highest BCUT2D eigenvalue weighted by Crippen LogP contribution is 2.32. The number of fused-ring (bicyclic) bond motifs is 1. The van der Waals surface area contributed by atoms with Gasteiger partial charge in [0.25, 0.3) is 5.91 Å². The van der Waals surface area contributed by atoms with Crippen molar-refractivity contribution in [2.24, 2.45) is 0 Å². The molecule has 11 heteroatoms. The minimum absolute atomic E-state index is 0.0815. The summed E-state index contributed by atoms with van der Waals surface area (Å²) in [4.78, 5) is 32.5. The Hall–Kier alpha value is -4.35. The van der Waals surface area contributed by atoms with Crippen LogP contribution in [-0.2, 0) is 16.0 Å². The number of halogens is 2. The van der Waals surface area contributed by atoms with Crippen molar-refractivity contribution in [1.29, 1.82) is 0 Å². The number of carbonyl (C=O) groups is 2. The second kappa shape index (κ2) is 12.5. The monoisotopic (exact) mass is 588 g/mol. The number of hydrogen-bond acceptors (Lipinski definition) is 6. The van der Waals surface area contributed by atoms with Gasteiger partial charge < -0.3 is 24.8 Å². The molecule has 3 heterocycles. The lowest BCUT2D eigenvalue weighted by molar-refractivity contribution is -0.108. The van der Waals surface area contributed by atoms with Crippen LogP contribution >= 0.6 is 0 Å². The molecular weight excluding hydrogens is 554 g/mol. The molecule has 0 aliphatic carbocycles. The van der Waals surface area contributed by atoms with Gasteiger partial charge in [-0.3, -0.25) is 14.7 Å². The Labute approximate surface area is 248 Å². The average Bonchev–Trinajstić information content (AvgIpc) is 3.39. The summed E-state index contributed by atoms with van der Waals surface area (Å²) in [6, 6.07) is 14.5. The van der Waals surface area contributed by atoms with Gasteiger partial charge in [0.2, 0.25) is 6.41 Å². The predicted octanol–water partition coefficient (Wildman–Crippen LogP) is 4.58. The van der Waals surface area contributed by atoms with E-state index in [0.717, 1.165) is 49.9 Å². The molecule has 0 bridgehead atoms. The third-order valence-electron chi connectivity index (χ3n) is 8.26. The molecule has 9 nitrogen and oxygen atoms in total. The standard InChI is InChI=1S/C32H34F2N6O3/c1-38-8-10-39(11-9-38)26-3-4-27(30(19-26)40(20-41)25-6-12-43-13-7-25)32(42)35-31-28-17-21(2-5-29(28)36-37-31)14-22-15-23(33)18-24(34)16-22/h2-5,15-20,25H,6-14H2,1H3,(H2,35,36,37,42). The highest BCUT2D eigenvalue weighted by atomic mass is 19.1. The van der Waals surface area contributed by atoms with Crippen LogP contribution in [0.2, 0.25) is 0 Å². The Morgan fingerprint density at radius 3 is 2.49 bits per heavy atom. The highest BCUT2D eigenvalue weighted by molar-refractivity contribution is 6.12. The number of aromatic nitrogens is 2. The van der Waals surface area contributed by atoms with Crippen molar-refractivity contribution in [3.8, 4) is 0 Å². The molecule has 2 aliphatic heterocycles. The lowest BCUT2D eigenvalue weighted by Crippen LogP contribution is -2.44. The summed E-state index contributed by atoms with van der Waals surface area (Å²) in [7, 11) is 2.10. The number of piperazine rings is 1. The molecule has 1 aromatic heterocycles. The number of benzene rings is 3. The molecule has 0 atom stereocenters. The van der Waals surface area contributed by atoms with E-state index in [-0.39, 0.29) is 6.04 Å². The molecule has 0 unspecified atom stereocenters. The van der Waals surface area contributed by atoms with E-state index in [4.69, 9.17) is 4.74 Å². The van der Waals surface area contributed by atoms with Crippen molar-refractivity contribution in [3.63, 3.8) is 0 Å². The van der Waals surface area contributed by atoms with Crippen LogP contribution in [0.4, 0.5) is 26.0 Å². The number of amides is 2. The molecule has 0 spiro atoms. The van der Waals surface area contributed by atoms with Crippen molar-refractivity contribution in [2.75, 3.05) is 61.6 Å². The number of nitrogens with one attached hydrogen (secondary N) is 2. The van der Waals surface area contributed by atoms with Gasteiger partial charge in [-0.25, -0.2) is 8.78 Å². The number of carbonyl (C=O) groups excluding carboxylic acids is 2. The maximum Gasteiger partial charge on any atom is 0.259 e. The number of ether oxygens (including phenoxy) is 1. The average molecular weight is 589 g/mol. The van der Waals surface area contributed by atoms with E-state index in [1.165, 1.54) is 12.1 Å². The van der Waals surface area contributed by atoms with Gasteiger partial charge >= 0.3 is 0 Å². The zero-order chi connectivity index (χ0) is 29.9. The molecule has 4 aromatic rings. The first-order valence-corrected chi connectivity index (χ1v) is 14.5. The third-order valence-corrected chi connectivity index (χ3v) is 8.26. The minimum atomic E-state index is -0.632. The first kappa shape index (κ1) is 28.8. The summed E-state index contributed by atoms with van der Waals surface area (Å²) in [5.41, 5.74) is 3.87. The topological polar surface area (TPSA) is 93.8 Å². The van der Waals surface area contributed by atoms with E-state index in [1.54, 1.807) is 11.0 Å². The molecular formula is C32H34F2N6O3. The second-order valence-corrected chi connectivity index (χ2v) is 11.2. The molecule has 43 heavy (non-hydrogen) atoms. The largest absolute Gasteiger partial charge is 0.381 e. The molecule has 2 amide bonds. The fourth-order valence-electron chi connectivity index (χ4n) is 5.88. The van der Waals surface area contributed by atoms with Crippen LogP contribution in [0.3, 0.4) is 0 Å². The maximum absolute atomic E-state index is 13.8. The summed E-state index contributed by atoms with van der Waals surface area (Å²) in [6.07, 6.45) is 2.48. The van der Waals surface area contributed by atoms with Crippen LogP contribution < -0.4 is 15.1 Å². The second-order valence-electron chi connectivity index (χ2n) is 11.2. The first-order valence-electron chi connectivity index (χ1n) is 14.5. The Bertz CT molecular complexity index is 1610. The van der Waals surface area contributed by atoms with Gasteiger partial charge in [-0.05, 0) is 79.9 Å². The Kier molecular flexibility index (Phi) is 8.35. The SMILES string of the molecule is CN1CCN(c2ccc(C(=O)Nc3n[nH]c4ccc(Cc5cc(F)cc(F)c5)cc34)c(N(C=O)C3CCOCC3)c2)CC1. The van der Waals surface area contributed by atoms with Crippen LogP contribution in [-0.4, -0.2) is 79.9 Å². The zero-order valence-corrected chi connectivity index (χ0v) is 24.0. The maximum atomic E-state index is 13.8. The van der Waals surface area contributed by atoms with Gasteiger partial charge in [0, 0.05) is 62.6 Å². The van der Waals surface area contributed by atoms with E-state index >= 15 is 0 Å². The lowest BCUT2D eigenvalue weighted by atomic mass is 10.0. The summed E-state index contributed by atoms with van der Waals surface area (Å²) in [5, 5.41) is 10.9. The van der Waals surface area contributed by atoms with Crippen LogP contribution in [0.1, 0.15) is 34.3 Å². The summed E-state index contributed by atoms with van der Waals surface area (Å²) in [5.74, 6) is -1.34. The van der Waals surface area contributed by atoms with Crippen LogP contribution in [0.5, 0.6) is 0 Å². The van der Waals surface area contributed by atoms with E-state index in [1.807, 2.05) is 30.3 Å². The minimum Gasteiger partial charge on any atom is -0.381 e. The van der Waals surface area contributed by atoms with Gasteiger partial charge in [-0.15, -0.1) is 0 Å². The van der Waals surface area contributed by atoms with Crippen LogP contribution in [0.25, 0.3) is 10.9 Å². The Morgan fingerprint density at radius 1 is 1.02 bits per heavy atom. The normalized spacial score (nSPS) is 16.4. The first-order chi connectivity index (χ1) is 20.9. The van der Waals surface area contributed by atoms with E-state index < -0.39 is 17.5 Å². The van der Waals surface area contributed by atoms with Crippen molar-refractivity contribution in [2.45, 2.75) is 25.3 Å². The number of rotatable bonds is 8. The fourth-order valence-corrected chi connectivity index (χ4v) is 5.88. The number of H-pyrrole nitrogens is 1. The number of likely N-dealkylation sites (N-methyl/N-ethyl adjacent to an activating group) is 1. The fraction of sp³-hybridized carbons (Fsp3) is 0.344. The van der Waals surface area contributed by atoms with Crippen molar-refractivity contribution in [1.82, 2.24) is 15.1 Å². The number of anilines is 3. The molecule has 2 saturated heterocycles. The van der Waals surface area contributed by atoms with Crippen molar-refractivity contribution >= 4 is 40.4 Å². The van der Waals surface area contributed by atoms with Gasteiger partial charge in [0.1, 0.15) is 11.6 Å². The van der Waals surface area contributed by atoms with Crippen LogP contribution in [0.15, 0.2) is 54.6 Å². The van der Waals surface area contributed by atoms with Gasteiger partial charge in [-0.2, -0.15) is 5.10 Å². The molecule has 2 aliphatic rings.